The van der Waals surface area contributed by atoms with E-state index >= 15 is 0 Å². The van der Waals surface area contributed by atoms with Crippen molar-refractivity contribution in [1.82, 2.24) is 0 Å². The Morgan fingerprint density at radius 3 is 3.00 bits per heavy atom. The third-order valence-corrected chi connectivity index (χ3v) is 2.68. The Morgan fingerprint density at radius 1 is 1.54 bits per heavy atom. The Kier molecular flexibility index (Phi) is 2.00. The summed E-state index contributed by atoms with van der Waals surface area (Å²) in [6, 6.07) is 7.15. The molecule has 0 spiro atoms. The highest BCUT2D eigenvalue weighted by atomic mass is 15.0. The van der Waals surface area contributed by atoms with Crippen molar-refractivity contribution in [3.63, 3.8) is 0 Å². The van der Waals surface area contributed by atoms with Crippen LogP contribution >= 0.6 is 0 Å². The van der Waals surface area contributed by atoms with Crippen molar-refractivity contribution in [3.8, 4) is 0 Å². The fourth-order valence-electron chi connectivity index (χ4n) is 1.84. The van der Waals surface area contributed by atoms with E-state index in [2.05, 4.69) is 37.4 Å². The average molecular weight is 176 g/mol. The molecule has 0 saturated carbocycles. The second-order valence-corrected chi connectivity index (χ2v) is 3.97. The number of nitrogens with one attached hydrogen (secondary N) is 1. The summed E-state index contributed by atoms with van der Waals surface area (Å²) in [4.78, 5) is 0. The summed E-state index contributed by atoms with van der Waals surface area (Å²) in [5.74, 6) is 0. The predicted molar refractivity (Wildman–Crippen MR) is 55.9 cm³/mol. The predicted octanol–water partition coefficient (Wildman–Crippen LogP) is 1.68. The van der Waals surface area contributed by atoms with Crippen molar-refractivity contribution in [3.05, 3.63) is 29.3 Å². The SMILES string of the molecule is Cc1ccc2c(c1)CC(C(C)N)N2. The molecule has 2 unspecified atom stereocenters. The quantitative estimate of drug-likeness (QED) is 0.683. The summed E-state index contributed by atoms with van der Waals surface area (Å²) in [6.07, 6.45) is 1.06. The molecular weight excluding hydrogens is 160 g/mol. The Labute approximate surface area is 79.1 Å². The van der Waals surface area contributed by atoms with Gasteiger partial charge in [0, 0.05) is 17.8 Å². The second kappa shape index (κ2) is 3.04. The van der Waals surface area contributed by atoms with Gasteiger partial charge in [-0.25, -0.2) is 0 Å². The molecular formula is C11H16N2. The van der Waals surface area contributed by atoms with Crippen LogP contribution in [0.4, 0.5) is 5.69 Å². The fourth-order valence-corrected chi connectivity index (χ4v) is 1.84. The van der Waals surface area contributed by atoms with Gasteiger partial charge in [0.25, 0.3) is 0 Å². The molecule has 1 heterocycles. The van der Waals surface area contributed by atoms with Crippen LogP contribution in [0.3, 0.4) is 0 Å². The van der Waals surface area contributed by atoms with E-state index in [9.17, 15) is 0 Å². The molecule has 1 aliphatic heterocycles. The molecule has 0 radical (unpaired) electrons. The van der Waals surface area contributed by atoms with Crippen LogP contribution in [-0.2, 0) is 6.42 Å². The molecule has 2 heteroatoms. The van der Waals surface area contributed by atoms with Crippen LogP contribution in [0, 0.1) is 6.92 Å². The van der Waals surface area contributed by atoms with Gasteiger partial charge in [-0.15, -0.1) is 0 Å². The molecule has 2 nitrogen and oxygen atoms in total. The van der Waals surface area contributed by atoms with Crippen LogP contribution < -0.4 is 11.1 Å². The summed E-state index contributed by atoms with van der Waals surface area (Å²) >= 11 is 0. The van der Waals surface area contributed by atoms with Crippen molar-refractivity contribution in [2.75, 3.05) is 5.32 Å². The minimum absolute atomic E-state index is 0.215. The Hall–Kier alpha value is -1.02. The molecule has 70 valence electrons. The molecule has 13 heavy (non-hydrogen) atoms. The highest BCUT2D eigenvalue weighted by molar-refractivity contribution is 5.58. The largest absolute Gasteiger partial charge is 0.380 e. The Balaban J connectivity index is 2.25. The van der Waals surface area contributed by atoms with Gasteiger partial charge in [-0.05, 0) is 31.9 Å². The van der Waals surface area contributed by atoms with Gasteiger partial charge in [-0.2, -0.15) is 0 Å². The first-order chi connectivity index (χ1) is 6.16. The molecule has 1 aromatic rings. The summed E-state index contributed by atoms with van der Waals surface area (Å²) in [5.41, 5.74) is 9.84. The van der Waals surface area contributed by atoms with Crippen LogP contribution in [0.2, 0.25) is 0 Å². The minimum atomic E-state index is 0.215. The van der Waals surface area contributed by atoms with Crippen molar-refractivity contribution in [1.29, 1.82) is 0 Å². The number of anilines is 1. The number of rotatable bonds is 1. The van der Waals surface area contributed by atoms with Gasteiger partial charge in [-0.3, -0.25) is 0 Å². The van der Waals surface area contributed by atoms with E-state index in [4.69, 9.17) is 5.73 Å². The van der Waals surface area contributed by atoms with E-state index in [1.165, 1.54) is 16.8 Å². The zero-order chi connectivity index (χ0) is 9.42. The highest BCUT2D eigenvalue weighted by Gasteiger charge is 2.22. The summed E-state index contributed by atoms with van der Waals surface area (Å²) in [6.45, 7) is 4.18. The van der Waals surface area contributed by atoms with E-state index in [0.29, 0.717) is 6.04 Å². The van der Waals surface area contributed by atoms with Gasteiger partial charge < -0.3 is 11.1 Å². The fraction of sp³-hybridized carbons (Fsp3) is 0.455. The van der Waals surface area contributed by atoms with Crippen LogP contribution in [0.25, 0.3) is 0 Å². The van der Waals surface area contributed by atoms with Gasteiger partial charge >= 0.3 is 0 Å². The highest BCUT2D eigenvalue weighted by Crippen LogP contribution is 2.27. The van der Waals surface area contributed by atoms with Crippen LogP contribution in [0.5, 0.6) is 0 Å². The van der Waals surface area contributed by atoms with Crippen molar-refractivity contribution in [2.45, 2.75) is 32.4 Å². The lowest BCUT2D eigenvalue weighted by molar-refractivity contribution is 0.612. The lowest BCUT2D eigenvalue weighted by atomic mass is 10.0. The maximum atomic E-state index is 5.85. The number of hydrogen-bond donors (Lipinski definition) is 2. The normalized spacial score (nSPS) is 22.2. The van der Waals surface area contributed by atoms with E-state index in [1.54, 1.807) is 0 Å². The maximum Gasteiger partial charge on any atom is 0.0450 e. The van der Waals surface area contributed by atoms with Gasteiger partial charge in [0.2, 0.25) is 0 Å². The zero-order valence-electron chi connectivity index (χ0n) is 8.17. The molecule has 0 amide bonds. The molecule has 0 bridgehead atoms. The summed E-state index contributed by atoms with van der Waals surface area (Å²) in [7, 11) is 0. The molecule has 0 aromatic heterocycles. The van der Waals surface area contributed by atoms with Crippen LogP contribution in [0.1, 0.15) is 18.1 Å². The van der Waals surface area contributed by atoms with E-state index in [0.717, 1.165) is 6.42 Å². The molecule has 2 rings (SSSR count). The Bertz CT molecular complexity index is 318. The van der Waals surface area contributed by atoms with Crippen molar-refractivity contribution < 1.29 is 0 Å². The first kappa shape index (κ1) is 8.57. The topological polar surface area (TPSA) is 38.0 Å². The number of benzene rings is 1. The molecule has 0 fully saturated rings. The average Bonchev–Trinajstić information content (AvgIpc) is 2.46. The standard InChI is InChI=1S/C11H16N2/c1-7-3-4-10-9(5-7)6-11(13-10)8(2)12/h3-5,8,11,13H,6,12H2,1-2H3. The van der Waals surface area contributed by atoms with Gasteiger partial charge in [0.05, 0.1) is 0 Å². The number of fused-ring (bicyclic) bond motifs is 1. The molecule has 2 atom stereocenters. The molecule has 0 saturated heterocycles. The number of hydrogen-bond acceptors (Lipinski definition) is 2. The first-order valence-corrected chi connectivity index (χ1v) is 4.78. The molecule has 1 aromatic carbocycles. The summed E-state index contributed by atoms with van der Waals surface area (Å²) in [5, 5.41) is 3.44. The summed E-state index contributed by atoms with van der Waals surface area (Å²) < 4.78 is 0. The third-order valence-electron chi connectivity index (χ3n) is 2.68. The van der Waals surface area contributed by atoms with Crippen LogP contribution in [-0.4, -0.2) is 12.1 Å². The van der Waals surface area contributed by atoms with E-state index in [1.807, 2.05) is 0 Å². The van der Waals surface area contributed by atoms with Gasteiger partial charge in [-0.1, -0.05) is 17.7 Å². The monoisotopic (exact) mass is 176 g/mol. The van der Waals surface area contributed by atoms with E-state index < -0.39 is 0 Å². The third kappa shape index (κ3) is 1.54. The zero-order valence-corrected chi connectivity index (χ0v) is 8.17. The number of nitrogens with two attached hydrogens (primary N) is 1. The molecule has 3 N–H and O–H groups in total. The molecule has 1 aliphatic rings. The van der Waals surface area contributed by atoms with Gasteiger partial charge in [0.1, 0.15) is 0 Å². The molecule has 0 aliphatic carbocycles. The van der Waals surface area contributed by atoms with Crippen molar-refractivity contribution in [2.24, 2.45) is 5.73 Å². The van der Waals surface area contributed by atoms with Crippen LogP contribution in [0.15, 0.2) is 18.2 Å². The Morgan fingerprint density at radius 2 is 2.31 bits per heavy atom. The lowest BCUT2D eigenvalue weighted by Gasteiger charge is -2.14. The lowest BCUT2D eigenvalue weighted by Crippen LogP contribution is -2.36. The van der Waals surface area contributed by atoms with E-state index in [-0.39, 0.29) is 6.04 Å². The van der Waals surface area contributed by atoms with Gasteiger partial charge in [0.15, 0.2) is 0 Å². The maximum absolute atomic E-state index is 5.85. The minimum Gasteiger partial charge on any atom is -0.380 e. The number of aryl methyl sites for hydroxylation is 1. The second-order valence-electron chi connectivity index (χ2n) is 3.97. The van der Waals surface area contributed by atoms with Crippen molar-refractivity contribution >= 4 is 5.69 Å². The first-order valence-electron chi connectivity index (χ1n) is 4.78. The smallest absolute Gasteiger partial charge is 0.0450 e.